The second-order valence-corrected chi connectivity index (χ2v) is 2.33. The van der Waals surface area contributed by atoms with E-state index in [2.05, 4.69) is 15.1 Å². The van der Waals surface area contributed by atoms with Crippen molar-refractivity contribution in [3.8, 4) is 0 Å². The van der Waals surface area contributed by atoms with Gasteiger partial charge < -0.3 is 5.21 Å². The molecule has 0 unspecified atom stereocenters. The summed E-state index contributed by atoms with van der Waals surface area (Å²) in [7, 11) is 0. The molecule has 0 saturated heterocycles. The van der Waals surface area contributed by atoms with E-state index in [4.69, 9.17) is 28.4 Å². The summed E-state index contributed by atoms with van der Waals surface area (Å²) < 4.78 is 0. The lowest BCUT2D eigenvalue weighted by atomic mass is 10.4. The lowest BCUT2D eigenvalue weighted by molar-refractivity contribution is 0.321. The smallest absolute Gasteiger partial charge is 0.222 e. The van der Waals surface area contributed by atoms with Gasteiger partial charge in [-0.2, -0.15) is 0 Å². The van der Waals surface area contributed by atoms with E-state index in [1.165, 1.54) is 12.4 Å². The first kappa shape index (κ1) is 8.23. The summed E-state index contributed by atoms with van der Waals surface area (Å²) in [4.78, 5) is 7.25. The molecule has 11 heavy (non-hydrogen) atoms. The lowest BCUT2D eigenvalue weighted by Crippen LogP contribution is -1.93. The van der Waals surface area contributed by atoms with Crippen molar-refractivity contribution >= 4 is 28.4 Å². The van der Waals surface area contributed by atoms with Gasteiger partial charge in [0.05, 0.1) is 5.56 Å². The van der Waals surface area contributed by atoms with Crippen LogP contribution in [0.4, 0.5) is 0 Å². The molecule has 1 aromatic heterocycles. The van der Waals surface area contributed by atoms with E-state index in [1.807, 2.05) is 0 Å². The van der Waals surface area contributed by atoms with E-state index < -0.39 is 0 Å². The maximum Gasteiger partial charge on any atom is 0.222 e. The van der Waals surface area contributed by atoms with Gasteiger partial charge >= 0.3 is 0 Å². The van der Waals surface area contributed by atoms with E-state index in [9.17, 15) is 0 Å². The Morgan fingerprint density at radius 2 is 2.00 bits per heavy atom. The predicted molar refractivity (Wildman–Crippen MR) is 41.2 cm³/mol. The van der Waals surface area contributed by atoms with Gasteiger partial charge in [-0.1, -0.05) is 16.8 Å². The SMILES string of the molecule is ON=C(Cl)c1cnc(Cl)nc1. The second kappa shape index (κ2) is 3.50. The molecule has 1 heterocycles. The van der Waals surface area contributed by atoms with E-state index >= 15 is 0 Å². The number of oxime groups is 1. The average molecular weight is 192 g/mol. The van der Waals surface area contributed by atoms with Crippen LogP contribution in [0.2, 0.25) is 5.28 Å². The molecule has 4 nitrogen and oxygen atoms in total. The van der Waals surface area contributed by atoms with Crippen LogP contribution in [0.1, 0.15) is 5.56 Å². The van der Waals surface area contributed by atoms with E-state index in [-0.39, 0.29) is 10.5 Å². The fourth-order valence-electron chi connectivity index (χ4n) is 0.477. The van der Waals surface area contributed by atoms with Crippen LogP contribution in [-0.2, 0) is 0 Å². The van der Waals surface area contributed by atoms with Gasteiger partial charge in [0.15, 0.2) is 5.17 Å². The Balaban J connectivity index is 2.99. The van der Waals surface area contributed by atoms with Gasteiger partial charge in [-0.05, 0) is 11.6 Å². The summed E-state index contributed by atoms with van der Waals surface area (Å²) in [6.07, 6.45) is 2.72. The standard InChI is InChI=1S/C5H3Cl2N3O/c6-4(10-11)3-1-8-5(7)9-2-3/h1-2,11H. The number of nitrogens with zero attached hydrogens (tertiary/aromatic N) is 3. The van der Waals surface area contributed by atoms with Crippen molar-refractivity contribution in [3.05, 3.63) is 23.2 Å². The zero-order chi connectivity index (χ0) is 8.27. The summed E-state index contributed by atoms with van der Waals surface area (Å²) in [6.45, 7) is 0. The third-order valence-corrected chi connectivity index (χ3v) is 1.44. The normalized spacial score (nSPS) is 11.6. The maximum absolute atomic E-state index is 8.22. The average Bonchev–Trinajstić information content (AvgIpc) is 2.05. The highest BCUT2D eigenvalue weighted by atomic mass is 35.5. The summed E-state index contributed by atoms with van der Waals surface area (Å²) in [5, 5.41) is 11.0. The summed E-state index contributed by atoms with van der Waals surface area (Å²) >= 11 is 10.8. The van der Waals surface area contributed by atoms with Gasteiger partial charge in [0.1, 0.15) is 0 Å². The van der Waals surface area contributed by atoms with Crippen LogP contribution in [0.5, 0.6) is 0 Å². The Morgan fingerprint density at radius 1 is 1.45 bits per heavy atom. The molecule has 0 aliphatic carbocycles. The third kappa shape index (κ3) is 2.03. The fourth-order valence-corrected chi connectivity index (χ4v) is 0.672. The highest BCUT2D eigenvalue weighted by molar-refractivity contribution is 6.69. The highest BCUT2D eigenvalue weighted by Gasteiger charge is 2.00. The van der Waals surface area contributed by atoms with Crippen molar-refractivity contribution in [2.75, 3.05) is 0 Å². The number of rotatable bonds is 1. The molecule has 0 bridgehead atoms. The number of hydrogen-bond donors (Lipinski definition) is 1. The molecular formula is C5H3Cl2N3O. The molecule has 1 aromatic rings. The van der Waals surface area contributed by atoms with Crippen molar-refractivity contribution in [1.29, 1.82) is 0 Å². The van der Waals surface area contributed by atoms with Crippen LogP contribution in [0.3, 0.4) is 0 Å². The molecule has 0 saturated carbocycles. The number of aromatic nitrogens is 2. The molecule has 0 aromatic carbocycles. The summed E-state index contributed by atoms with van der Waals surface area (Å²) in [5.74, 6) is 0. The summed E-state index contributed by atoms with van der Waals surface area (Å²) in [6, 6.07) is 0. The molecule has 1 N–H and O–H groups in total. The second-order valence-electron chi connectivity index (χ2n) is 1.63. The van der Waals surface area contributed by atoms with E-state index in [0.29, 0.717) is 5.56 Å². The van der Waals surface area contributed by atoms with Crippen LogP contribution < -0.4 is 0 Å². The van der Waals surface area contributed by atoms with E-state index in [1.54, 1.807) is 0 Å². The zero-order valence-corrected chi connectivity index (χ0v) is 6.71. The molecule has 0 aliphatic rings. The molecular weight excluding hydrogens is 189 g/mol. The molecule has 6 heteroatoms. The van der Waals surface area contributed by atoms with Crippen molar-refractivity contribution in [1.82, 2.24) is 9.97 Å². The van der Waals surface area contributed by atoms with Gasteiger partial charge in [-0.3, -0.25) is 0 Å². The lowest BCUT2D eigenvalue weighted by Gasteiger charge is -1.92. The quantitative estimate of drug-likeness (QED) is 0.317. The van der Waals surface area contributed by atoms with Crippen molar-refractivity contribution in [2.24, 2.45) is 5.16 Å². The van der Waals surface area contributed by atoms with Gasteiger partial charge in [-0.25, -0.2) is 9.97 Å². The Morgan fingerprint density at radius 3 is 2.45 bits per heavy atom. The first-order chi connectivity index (χ1) is 5.24. The minimum Gasteiger partial charge on any atom is -0.410 e. The minimum atomic E-state index is -0.0679. The molecule has 0 spiro atoms. The first-order valence-electron chi connectivity index (χ1n) is 2.59. The predicted octanol–water partition coefficient (Wildman–Crippen LogP) is 1.50. The first-order valence-corrected chi connectivity index (χ1v) is 3.35. The van der Waals surface area contributed by atoms with Crippen LogP contribution in [0.15, 0.2) is 17.5 Å². The Labute approximate surface area is 72.5 Å². The largest absolute Gasteiger partial charge is 0.410 e. The van der Waals surface area contributed by atoms with Gasteiger partial charge in [-0.15, -0.1) is 0 Å². The van der Waals surface area contributed by atoms with Gasteiger partial charge in [0.2, 0.25) is 5.28 Å². The third-order valence-electron chi connectivity index (χ3n) is 0.946. The molecule has 1 rings (SSSR count). The minimum absolute atomic E-state index is 0.0679. The molecule has 0 aliphatic heterocycles. The van der Waals surface area contributed by atoms with Crippen LogP contribution in [0, 0.1) is 0 Å². The van der Waals surface area contributed by atoms with Gasteiger partial charge in [0.25, 0.3) is 0 Å². The van der Waals surface area contributed by atoms with Crippen molar-refractivity contribution < 1.29 is 5.21 Å². The van der Waals surface area contributed by atoms with Crippen LogP contribution in [-0.4, -0.2) is 20.3 Å². The zero-order valence-electron chi connectivity index (χ0n) is 5.20. The number of hydrogen-bond acceptors (Lipinski definition) is 4. The topological polar surface area (TPSA) is 58.4 Å². The maximum atomic E-state index is 8.22. The fraction of sp³-hybridized carbons (Fsp3) is 0. The molecule has 0 radical (unpaired) electrons. The molecule has 0 fully saturated rings. The highest BCUT2D eigenvalue weighted by Crippen LogP contribution is 2.04. The van der Waals surface area contributed by atoms with Crippen molar-refractivity contribution in [3.63, 3.8) is 0 Å². The molecule has 58 valence electrons. The van der Waals surface area contributed by atoms with Crippen LogP contribution in [0.25, 0.3) is 0 Å². The Hall–Kier alpha value is -0.870. The van der Waals surface area contributed by atoms with E-state index in [0.717, 1.165) is 0 Å². The molecule has 0 amide bonds. The van der Waals surface area contributed by atoms with Crippen molar-refractivity contribution in [2.45, 2.75) is 0 Å². The van der Waals surface area contributed by atoms with Crippen LogP contribution >= 0.6 is 23.2 Å². The Bertz CT molecular complexity index is 272. The Kier molecular flexibility index (Phi) is 2.62. The summed E-state index contributed by atoms with van der Waals surface area (Å²) in [5.41, 5.74) is 0.415. The van der Waals surface area contributed by atoms with Gasteiger partial charge in [0, 0.05) is 12.4 Å². The monoisotopic (exact) mass is 191 g/mol. The number of halogens is 2. The molecule has 0 atom stereocenters.